The van der Waals surface area contributed by atoms with Crippen LogP contribution >= 0.6 is 11.6 Å². The molecular formula is C17H13ClF2N2O6. The third-order valence-corrected chi connectivity index (χ3v) is 3.70. The number of amides is 1. The summed E-state index contributed by atoms with van der Waals surface area (Å²) in [4.78, 5) is 34.2. The van der Waals surface area contributed by atoms with E-state index >= 15 is 0 Å². The summed E-state index contributed by atoms with van der Waals surface area (Å²) in [6, 6.07) is 8.19. The van der Waals surface area contributed by atoms with Gasteiger partial charge < -0.3 is 14.8 Å². The van der Waals surface area contributed by atoms with Crippen LogP contribution in [0.15, 0.2) is 42.5 Å². The number of esters is 1. The van der Waals surface area contributed by atoms with E-state index in [9.17, 15) is 28.5 Å². The van der Waals surface area contributed by atoms with Crippen molar-refractivity contribution in [1.29, 1.82) is 0 Å². The minimum absolute atomic E-state index is 0.0228. The smallest absolute Gasteiger partial charge is 0.387 e. The molecule has 0 fully saturated rings. The monoisotopic (exact) mass is 414 g/mol. The lowest BCUT2D eigenvalue weighted by molar-refractivity contribution is -0.384. The minimum Gasteiger partial charge on any atom is -0.449 e. The lowest BCUT2D eigenvalue weighted by atomic mass is 10.2. The van der Waals surface area contributed by atoms with Crippen molar-refractivity contribution in [3.63, 3.8) is 0 Å². The molecule has 0 aliphatic rings. The maximum Gasteiger partial charge on any atom is 0.387 e. The van der Waals surface area contributed by atoms with E-state index in [1.165, 1.54) is 25.1 Å². The summed E-state index contributed by atoms with van der Waals surface area (Å²) >= 11 is 5.88. The number of hydrogen-bond donors (Lipinski definition) is 1. The number of hydrogen-bond acceptors (Lipinski definition) is 6. The van der Waals surface area contributed by atoms with E-state index in [1.54, 1.807) is 0 Å². The summed E-state index contributed by atoms with van der Waals surface area (Å²) < 4.78 is 33.4. The Kier molecular flexibility index (Phi) is 6.83. The predicted molar refractivity (Wildman–Crippen MR) is 94.7 cm³/mol. The third kappa shape index (κ3) is 5.61. The molecular weight excluding hydrogens is 402 g/mol. The molecule has 2 aromatic carbocycles. The molecule has 1 amide bonds. The van der Waals surface area contributed by atoms with Crippen molar-refractivity contribution in [3.05, 3.63) is 63.2 Å². The maximum atomic E-state index is 12.1. The number of nitrogens with zero attached hydrogens (tertiary/aromatic N) is 1. The largest absolute Gasteiger partial charge is 0.449 e. The molecule has 1 unspecified atom stereocenters. The molecule has 1 N–H and O–H groups in total. The Morgan fingerprint density at radius 3 is 2.36 bits per heavy atom. The van der Waals surface area contributed by atoms with Crippen LogP contribution in [0.4, 0.5) is 20.2 Å². The molecule has 0 saturated carbocycles. The molecule has 28 heavy (non-hydrogen) atoms. The van der Waals surface area contributed by atoms with Crippen LogP contribution < -0.4 is 10.1 Å². The van der Waals surface area contributed by atoms with Crippen molar-refractivity contribution in [2.75, 3.05) is 5.32 Å². The Morgan fingerprint density at radius 2 is 1.82 bits per heavy atom. The second kappa shape index (κ2) is 9.09. The predicted octanol–water partition coefficient (Wildman–Crippen LogP) is 4.03. The molecule has 0 aromatic heterocycles. The van der Waals surface area contributed by atoms with Gasteiger partial charge in [0.25, 0.3) is 11.6 Å². The van der Waals surface area contributed by atoms with E-state index in [2.05, 4.69) is 10.1 Å². The van der Waals surface area contributed by atoms with E-state index in [0.29, 0.717) is 0 Å². The number of rotatable bonds is 7. The van der Waals surface area contributed by atoms with Gasteiger partial charge in [0, 0.05) is 12.1 Å². The van der Waals surface area contributed by atoms with Crippen molar-refractivity contribution < 1.29 is 32.8 Å². The zero-order chi connectivity index (χ0) is 20.8. The molecule has 0 heterocycles. The van der Waals surface area contributed by atoms with E-state index in [4.69, 9.17) is 16.3 Å². The fourth-order valence-corrected chi connectivity index (χ4v) is 2.23. The van der Waals surface area contributed by atoms with Crippen LogP contribution in [0.5, 0.6) is 5.75 Å². The summed E-state index contributed by atoms with van der Waals surface area (Å²) in [6.45, 7) is -1.69. The number of alkyl halides is 2. The number of non-ortho nitro benzene ring substituents is 1. The number of ether oxygens (including phenoxy) is 2. The van der Waals surface area contributed by atoms with Gasteiger partial charge in [-0.15, -0.1) is 0 Å². The summed E-state index contributed by atoms with van der Waals surface area (Å²) in [5.41, 5.74) is -0.120. The highest BCUT2D eigenvalue weighted by molar-refractivity contribution is 6.34. The second-order valence-electron chi connectivity index (χ2n) is 5.36. The van der Waals surface area contributed by atoms with Crippen LogP contribution in [-0.2, 0) is 9.53 Å². The van der Waals surface area contributed by atoms with Crippen molar-refractivity contribution in [2.24, 2.45) is 0 Å². The first-order chi connectivity index (χ1) is 13.2. The van der Waals surface area contributed by atoms with Crippen LogP contribution in [-0.4, -0.2) is 29.5 Å². The maximum absolute atomic E-state index is 12.1. The van der Waals surface area contributed by atoms with Crippen LogP contribution in [0.25, 0.3) is 0 Å². The first-order valence-corrected chi connectivity index (χ1v) is 8.06. The Labute approximate surface area is 162 Å². The van der Waals surface area contributed by atoms with Gasteiger partial charge in [-0.05, 0) is 37.3 Å². The van der Waals surface area contributed by atoms with E-state index in [1.807, 2.05) is 0 Å². The average Bonchev–Trinajstić information content (AvgIpc) is 2.63. The number of benzene rings is 2. The summed E-state index contributed by atoms with van der Waals surface area (Å²) in [6.07, 6.45) is -1.23. The molecule has 0 aliphatic carbocycles. The van der Waals surface area contributed by atoms with Gasteiger partial charge in [-0.1, -0.05) is 11.6 Å². The second-order valence-corrected chi connectivity index (χ2v) is 5.77. The quantitative estimate of drug-likeness (QED) is 0.416. The van der Waals surface area contributed by atoms with E-state index < -0.39 is 29.5 Å². The lowest BCUT2D eigenvalue weighted by Crippen LogP contribution is -2.30. The molecule has 0 radical (unpaired) electrons. The highest BCUT2D eigenvalue weighted by Gasteiger charge is 2.21. The number of halogens is 3. The van der Waals surface area contributed by atoms with Crippen LogP contribution in [0.1, 0.15) is 17.3 Å². The molecule has 8 nitrogen and oxygen atoms in total. The minimum atomic E-state index is -2.99. The first kappa shape index (κ1) is 21.0. The van der Waals surface area contributed by atoms with Crippen molar-refractivity contribution >= 4 is 34.9 Å². The van der Waals surface area contributed by atoms with Gasteiger partial charge in [0.15, 0.2) is 6.10 Å². The standard InChI is InChI=1S/C17H13ClF2N2O6/c1-9(15(23)21-14-7-4-11(22(25)26)8-13(14)18)27-16(24)10-2-5-12(6-3-10)28-17(19)20/h2-9,17H,1H3,(H,21,23). The fourth-order valence-electron chi connectivity index (χ4n) is 2.01. The number of nitro groups is 1. The Hall–Kier alpha value is -3.27. The number of nitrogens with one attached hydrogen (secondary N) is 1. The molecule has 2 rings (SSSR count). The zero-order valence-corrected chi connectivity index (χ0v) is 15.0. The highest BCUT2D eigenvalue weighted by Crippen LogP contribution is 2.27. The molecule has 0 saturated heterocycles. The van der Waals surface area contributed by atoms with E-state index in [-0.39, 0.29) is 27.7 Å². The van der Waals surface area contributed by atoms with Gasteiger partial charge in [0.2, 0.25) is 0 Å². The number of carbonyl (C=O) groups excluding carboxylic acids is 2. The number of nitro benzene ring substituents is 1. The third-order valence-electron chi connectivity index (χ3n) is 3.39. The Morgan fingerprint density at radius 1 is 1.18 bits per heavy atom. The molecule has 1 atom stereocenters. The number of carbonyl (C=O) groups is 2. The fraction of sp³-hybridized carbons (Fsp3) is 0.176. The van der Waals surface area contributed by atoms with Crippen LogP contribution in [0.3, 0.4) is 0 Å². The SMILES string of the molecule is CC(OC(=O)c1ccc(OC(F)F)cc1)C(=O)Nc1ccc([N+](=O)[O-])cc1Cl. The van der Waals surface area contributed by atoms with Crippen LogP contribution in [0, 0.1) is 10.1 Å². The van der Waals surface area contributed by atoms with Crippen molar-refractivity contribution in [2.45, 2.75) is 19.6 Å². The molecule has 2 aromatic rings. The van der Waals surface area contributed by atoms with Gasteiger partial charge in [-0.2, -0.15) is 8.78 Å². The molecule has 0 aliphatic heterocycles. The zero-order valence-electron chi connectivity index (χ0n) is 14.2. The van der Waals surface area contributed by atoms with Crippen LogP contribution in [0.2, 0.25) is 5.02 Å². The van der Waals surface area contributed by atoms with Gasteiger partial charge in [-0.3, -0.25) is 14.9 Å². The Balaban J connectivity index is 1.98. The summed E-state index contributed by atoms with van der Waals surface area (Å²) in [5, 5.41) is 13.0. The van der Waals surface area contributed by atoms with Crippen molar-refractivity contribution in [1.82, 2.24) is 0 Å². The van der Waals surface area contributed by atoms with Gasteiger partial charge in [-0.25, -0.2) is 4.79 Å². The molecule has 0 spiro atoms. The normalized spacial score (nSPS) is 11.6. The Bertz CT molecular complexity index is 892. The van der Waals surface area contributed by atoms with Gasteiger partial charge in [0.05, 0.1) is 21.2 Å². The van der Waals surface area contributed by atoms with E-state index in [0.717, 1.165) is 24.3 Å². The molecule has 148 valence electrons. The summed E-state index contributed by atoms with van der Waals surface area (Å²) in [5.74, 6) is -1.71. The molecule has 0 bridgehead atoms. The highest BCUT2D eigenvalue weighted by atomic mass is 35.5. The number of anilines is 1. The van der Waals surface area contributed by atoms with Crippen molar-refractivity contribution in [3.8, 4) is 5.75 Å². The lowest BCUT2D eigenvalue weighted by Gasteiger charge is -2.14. The topological polar surface area (TPSA) is 108 Å². The van der Waals surface area contributed by atoms with Gasteiger partial charge >= 0.3 is 12.6 Å². The molecule has 11 heteroatoms. The first-order valence-electron chi connectivity index (χ1n) is 7.68. The average molecular weight is 415 g/mol. The van der Waals surface area contributed by atoms with Gasteiger partial charge in [0.1, 0.15) is 5.75 Å². The summed E-state index contributed by atoms with van der Waals surface area (Å²) in [7, 11) is 0.